The molecule has 18 heavy (non-hydrogen) atoms. The van der Waals surface area contributed by atoms with Crippen LogP contribution in [0.4, 0.5) is 5.69 Å². The van der Waals surface area contributed by atoms with Crippen molar-refractivity contribution in [3.63, 3.8) is 0 Å². The molecule has 0 bridgehead atoms. The number of rotatable bonds is 8. The van der Waals surface area contributed by atoms with Crippen LogP contribution in [0.1, 0.15) is 51.3 Å². The molecule has 3 nitrogen and oxygen atoms in total. The van der Waals surface area contributed by atoms with Gasteiger partial charge < -0.3 is 10.6 Å². The molecule has 0 radical (unpaired) electrons. The van der Waals surface area contributed by atoms with Crippen molar-refractivity contribution >= 4 is 22.9 Å². The number of nitrogens with one attached hydrogen (secondary N) is 2. The number of carbonyl (C=O) groups is 1. The van der Waals surface area contributed by atoms with Crippen LogP contribution in [0.15, 0.2) is 11.4 Å². The van der Waals surface area contributed by atoms with Gasteiger partial charge in [0.25, 0.3) is 0 Å². The summed E-state index contributed by atoms with van der Waals surface area (Å²) in [6.45, 7) is 6.83. The molecule has 1 unspecified atom stereocenters. The standard InChI is InChI=1S/C14H24N2OS/c1-4-5-6-7-11(2)15-10-14-13(8-9-18-14)16-12(3)17/h8-9,11,15H,4-7,10H2,1-3H3,(H,16,17). The first-order valence-corrected chi connectivity index (χ1v) is 7.58. The first-order valence-electron chi connectivity index (χ1n) is 6.70. The molecular weight excluding hydrogens is 244 g/mol. The van der Waals surface area contributed by atoms with Gasteiger partial charge in [-0.25, -0.2) is 0 Å². The predicted molar refractivity (Wildman–Crippen MR) is 79.1 cm³/mol. The predicted octanol–water partition coefficient (Wildman–Crippen LogP) is 3.76. The first-order chi connectivity index (χ1) is 8.63. The zero-order valence-electron chi connectivity index (χ0n) is 11.6. The summed E-state index contributed by atoms with van der Waals surface area (Å²) in [6.07, 6.45) is 5.08. The fourth-order valence-corrected chi connectivity index (χ4v) is 2.63. The Balaban J connectivity index is 2.34. The van der Waals surface area contributed by atoms with E-state index in [0.29, 0.717) is 6.04 Å². The normalized spacial score (nSPS) is 12.4. The van der Waals surface area contributed by atoms with Gasteiger partial charge in [-0.3, -0.25) is 4.79 Å². The molecule has 0 saturated heterocycles. The molecule has 0 aromatic carbocycles. The number of hydrogen-bond donors (Lipinski definition) is 2. The second-order valence-electron chi connectivity index (χ2n) is 4.72. The SMILES string of the molecule is CCCCCC(C)NCc1sccc1NC(C)=O. The van der Waals surface area contributed by atoms with Crippen LogP contribution in [0.3, 0.4) is 0 Å². The number of hydrogen-bond acceptors (Lipinski definition) is 3. The van der Waals surface area contributed by atoms with E-state index in [1.54, 1.807) is 18.3 Å². The molecule has 0 spiro atoms. The molecule has 0 fully saturated rings. The Kier molecular flexibility index (Phi) is 6.98. The Morgan fingerprint density at radius 2 is 2.22 bits per heavy atom. The van der Waals surface area contributed by atoms with Gasteiger partial charge >= 0.3 is 0 Å². The summed E-state index contributed by atoms with van der Waals surface area (Å²) in [6, 6.07) is 2.49. The van der Waals surface area contributed by atoms with Gasteiger partial charge in [-0.2, -0.15) is 0 Å². The number of thiophene rings is 1. The van der Waals surface area contributed by atoms with Crippen molar-refractivity contribution in [1.82, 2.24) is 5.32 Å². The average Bonchev–Trinajstić information content (AvgIpc) is 2.73. The topological polar surface area (TPSA) is 41.1 Å². The highest BCUT2D eigenvalue weighted by Crippen LogP contribution is 2.22. The average molecular weight is 268 g/mol. The van der Waals surface area contributed by atoms with E-state index in [4.69, 9.17) is 0 Å². The summed E-state index contributed by atoms with van der Waals surface area (Å²) in [5.74, 6) is -0.00866. The van der Waals surface area contributed by atoms with Crippen LogP contribution in [-0.4, -0.2) is 11.9 Å². The van der Waals surface area contributed by atoms with E-state index in [-0.39, 0.29) is 5.91 Å². The second-order valence-corrected chi connectivity index (χ2v) is 5.72. The van der Waals surface area contributed by atoms with Gasteiger partial charge in [0, 0.05) is 24.4 Å². The lowest BCUT2D eigenvalue weighted by molar-refractivity contribution is -0.114. The summed E-state index contributed by atoms with van der Waals surface area (Å²) in [4.78, 5) is 12.3. The quantitative estimate of drug-likeness (QED) is 0.705. The van der Waals surface area contributed by atoms with Crippen molar-refractivity contribution in [3.8, 4) is 0 Å². The van der Waals surface area contributed by atoms with Gasteiger partial charge in [0.05, 0.1) is 5.69 Å². The zero-order valence-corrected chi connectivity index (χ0v) is 12.4. The molecule has 2 N–H and O–H groups in total. The summed E-state index contributed by atoms with van der Waals surface area (Å²) in [7, 11) is 0. The van der Waals surface area contributed by atoms with Gasteiger partial charge in [-0.15, -0.1) is 11.3 Å². The van der Waals surface area contributed by atoms with E-state index in [1.807, 2.05) is 11.4 Å². The Morgan fingerprint density at radius 1 is 1.44 bits per heavy atom. The van der Waals surface area contributed by atoms with E-state index in [0.717, 1.165) is 12.2 Å². The minimum Gasteiger partial charge on any atom is -0.325 e. The first kappa shape index (κ1) is 15.2. The highest BCUT2D eigenvalue weighted by molar-refractivity contribution is 7.10. The lowest BCUT2D eigenvalue weighted by atomic mass is 10.1. The van der Waals surface area contributed by atoms with Gasteiger partial charge in [0.15, 0.2) is 0 Å². The molecule has 1 aromatic heterocycles. The molecule has 0 aliphatic carbocycles. The lowest BCUT2D eigenvalue weighted by Crippen LogP contribution is -2.25. The summed E-state index contributed by atoms with van der Waals surface area (Å²) in [5, 5.41) is 8.40. The monoisotopic (exact) mass is 268 g/mol. The van der Waals surface area contributed by atoms with Crippen LogP contribution >= 0.6 is 11.3 Å². The molecule has 102 valence electrons. The maximum atomic E-state index is 11.0. The third-order valence-electron chi connectivity index (χ3n) is 2.91. The van der Waals surface area contributed by atoms with E-state index in [2.05, 4.69) is 24.5 Å². The third kappa shape index (κ3) is 5.65. The summed E-state index contributed by atoms with van der Waals surface area (Å²) >= 11 is 1.68. The smallest absolute Gasteiger partial charge is 0.221 e. The molecule has 4 heteroatoms. The largest absolute Gasteiger partial charge is 0.325 e. The highest BCUT2D eigenvalue weighted by atomic mass is 32.1. The van der Waals surface area contributed by atoms with Gasteiger partial charge in [-0.1, -0.05) is 26.2 Å². The Bertz CT molecular complexity index is 362. The minimum absolute atomic E-state index is 0.00866. The van der Waals surface area contributed by atoms with E-state index in [1.165, 1.54) is 30.6 Å². The van der Waals surface area contributed by atoms with Crippen molar-refractivity contribution in [2.24, 2.45) is 0 Å². The molecule has 1 rings (SSSR count). The Labute approximate surface area is 114 Å². The Morgan fingerprint density at radius 3 is 2.89 bits per heavy atom. The van der Waals surface area contributed by atoms with Crippen molar-refractivity contribution in [3.05, 3.63) is 16.3 Å². The van der Waals surface area contributed by atoms with Gasteiger partial charge in [0.2, 0.25) is 5.91 Å². The van der Waals surface area contributed by atoms with Crippen LogP contribution in [-0.2, 0) is 11.3 Å². The maximum Gasteiger partial charge on any atom is 0.221 e. The maximum absolute atomic E-state index is 11.0. The molecule has 0 aliphatic rings. The van der Waals surface area contributed by atoms with Crippen molar-refractivity contribution in [2.45, 2.75) is 59.0 Å². The lowest BCUT2D eigenvalue weighted by Gasteiger charge is -2.13. The van der Waals surface area contributed by atoms with Crippen molar-refractivity contribution < 1.29 is 4.79 Å². The summed E-state index contributed by atoms with van der Waals surface area (Å²) in [5.41, 5.74) is 0.945. The Hall–Kier alpha value is -0.870. The number of anilines is 1. The number of carbonyl (C=O) groups excluding carboxylic acids is 1. The van der Waals surface area contributed by atoms with E-state index in [9.17, 15) is 4.79 Å². The molecule has 1 amide bonds. The number of amides is 1. The molecule has 1 atom stereocenters. The number of unbranched alkanes of at least 4 members (excludes halogenated alkanes) is 2. The van der Waals surface area contributed by atoms with Crippen LogP contribution in [0.5, 0.6) is 0 Å². The van der Waals surface area contributed by atoms with Crippen LogP contribution < -0.4 is 10.6 Å². The van der Waals surface area contributed by atoms with Crippen LogP contribution in [0.25, 0.3) is 0 Å². The van der Waals surface area contributed by atoms with E-state index >= 15 is 0 Å². The third-order valence-corrected chi connectivity index (χ3v) is 3.83. The van der Waals surface area contributed by atoms with Crippen LogP contribution in [0.2, 0.25) is 0 Å². The fourth-order valence-electron chi connectivity index (χ4n) is 1.85. The van der Waals surface area contributed by atoms with Crippen molar-refractivity contribution in [2.75, 3.05) is 5.32 Å². The zero-order chi connectivity index (χ0) is 13.4. The van der Waals surface area contributed by atoms with Gasteiger partial charge in [0.1, 0.15) is 0 Å². The molecule has 0 aliphatic heterocycles. The fraction of sp³-hybridized carbons (Fsp3) is 0.643. The van der Waals surface area contributed by atoms with Crippen molar-refractivity contribution in [1.29, 1.82) is 0 Å². The highest BCUT2D eigenvalue weighted by Gasteiger charge is 2.07. The molecular formula is C14H24N2OS. The molecule has 1 heterocycles. The van der Waals surface area contributed by atoms with Crippen LogP contribution in [0, 0.1) is 0 Å². The molecule has 1 aromatic rings. The second kappa shape index (κ2) is 8.27. The minimum atomic E-state index is -0.00866. The summed E-state index contributed by atoms with van der Waals surface area (Å²) < 4.78 is 0. The van der Waals surface area contributed by atoms with E-state index < -0.39 is 0 Å². The van der Waals surface area contributed by atoms with Gasteiger partial charge in [-0.05, 0) is 24.8 Å². The molecule has 0 saturated carbocycles.